The van der Waals surface area contributed by atoms with E-state index in [2.05, 4.69) is 31.2 Å². The van der Waals surface area contributed by atoms with Crippen molar-refractivity contribution < 1.29 is 0 Å². The van der Waals surface area contributed by atoms with Crippen LogP contribution in [0.5, 0.6) is 0 Å². The van der Waals surface area contributed by atoms with Crippen molar-refractivity contribution >= 4 is 23.2 Å². The molecule has 0 aromatic heterocycles. The molecule has 0 bridgehead atoms. The molecule has 0 unspecified atom stereocenters. The van der Waals surface area contributed by atoms with E-state index in [4.69, 9.17) is 23.2 Å². The van der Waals surface area contributed by atoms with Gasteiger partial charge in [0.15, 0.2) is 0 Å². The van der Waals surface area contributed by atoms with E-state index in [9.17, 15) is 0 Å². The van der Waals surface area contributed by atoms with Gasteiger partial charge >= 0.3 is 0 Å². The maximum Gasteiger partial charge on any atom is 0.0580 e. The SMILES string of the molecule is Cc1c(-c2ccccc2)c(Cl)c(-c2ccccc2)c(Cl)c1-c1ccccc1. The molecule has 0 aliphatic carbocycles. The van der Waals surface area contributed by atoms with E-state index in [0.29, 0.717) is 10.0 Å². The van der Waals surface area contributed by atoms with E-state index in [1.807, 2.05) is 66.7 Å². The molecule has 27 heavy (non-hydrogen) atoms. The summed E-state index contributed by atoms with van der Waals surface area (Å²) in [4.78, 5) is 0. The van der Waals surface area contributed by atoms with Crippen LogP contribution in [0.4, 0.5) is 0 Å². The van der Waals surface area contributed by atoms with Gasteiger partial charge in [-0.2, -0.15) is 0 Å². The molecule has 4 aromatic carbocycles. The summed E-state index contributed by atoms with van der Waals surface area (Å²) in [6.45, 7) is 2.09. The summed E-state index contributed by atoms with van der Waals surface area (Å²) in [5, 5.41) is 1.38. The van der Waals surface area contributed by atoms with Gasteiger partial charge in [-0.25, -0.2) is 0 Å². The molecule has 0 saturated heterocycles. The highest BCUT2D eigenvalue weighted by atomic mass is 35.5. The average molecular weight is 389 g/mol. The first kappa shape index (κ1) is 17.9. The van der Waals surface area contributed by atoms with Gasteiger partial charge in [-0.05, 0) is 29.2 Å². The molecule has 4 aromatic rings. The lowest BCUT2D eigenvalue weighted by Gasteiger charge is -2.21. The molecule has 0 atom stereocenters. The van der Waals surface area contributed by atoms with Crippen molar-refractivity contribution in [2.45, 2.75) is 6.92 Å². The van der Waals surface area contributed by atoms with Crippen LogP contribution in [0.1, 0.15) is 5.56 Å². The topological polar surface area (TPSA) is 0 Å². The predicted octanol–water partition coefficient (Wildman–Crippen LogP) is 8.30. The first-order valence-corrected chi connectivity index (χ1v) is 9.62. The largest absolute Gasteiger partial charge is 0.0829 e. The third-order valence-electron chi connectivity index (χ3n) is 4.82. The van der Waals surface area contributed by atoms with Gasteiger partial charge in [-0.1, -0.05) is 114 Å². The van der Waals surface area contributed by atoms with E-state index < -0.39 is 0 Å². The minimum absolute atomic E-state index is 0.689. The van der Waals surface area contributed by atoms with Crippen LogP contribution in [0.2, 0.25) is 10.0 Å². The van der Waals surface area contributed by atoms with E-state index >= 15 is 0 Å². The minimum atomic E-state index is 0.689. The smallest absolute Gasteiger partial charge is 0.0580 e. The van der Waals surface area contributed by atoms with Crippen LogP contribution in [0, 0.1) is 6.92 Å². The van der Waals surface area contributed by atoms with Crippen molar-refractivity contribution in [3.8, 4) is 33.4 Å². The van der Waals surface area contributed by atoms with Crippen LogP contribution in [-0.2, 0) is 0 Å². The molecule has 0 nitrogen and oxygen atoms in total. The highest BCUT2D eigenvalue weighted by molar-refractivity contribution is 6.43. The first-order chi connectivity index (χ1) is 13.2. The van der Waals surface area contributed by atoms with Crippen molar-refractivity contribution in [2.75, 3.05) is 0 Å². The van der Waals surface area contributed by atoms with Gasteiger partial charge in [-0.15, -0.1) is 0 Å². The molecule has 0 fully saturated rings. The van der Waals surface area contributed by atoms with E-state index in [0.717, 1.165) is 38.9 Å². The molecule has 0 heterocycles. The standard InChI is InChI=1S/C25H18Cl2/c1-17-21(18-11-5-2-6-12-18)24(26)23(20-15-9-4-10-16-20)25(27)22(17)19-13-7-3-8-14-19/h2-16H,1H3. The zero-order chi connectivity index (χ0) is 18.8. The maximum atomic E-state index is 6.96. The van der Waals surface area contributed by atoms with E-state index in [1.54, 1.807) is 0 Å². The van der Waals surface area contributed by atoms with Gasteiger partial charge in [0.25, 0.3) is 0 Å². The van der Waals surface area contributed by atoms with Crippen molar-refractivity contribution in [1.29, 1.82) is 0 Å². The van der Waals surface area contributed by atoms with Crippen molar-refractivity contribution in [3.05, 3.63) is 107 Å². The second kappa shape index (κ2) is 7.60. The van der Waals surface area contributed by atoms with Crippen LogP contribution in [0.15, 0.2) is 91.0 Å². The average Bonchev–Trinajstić information content (AvgIpc) is 2.70. The van der Waals surface area contributed by atoms with Gasteiger partial charge < -0.3 is 0 Å². The second-order valence-electron chi connectivity index (χ2n) is 6.48. The molecule has 4 rings (SSSR count). The van der Waals surface area contributed by atoms with Crippen molar-refractivity contribution in [2.24, 2.45) is 0 Å². The first-order valence-electron chi connectivity index (χ1n) is 8.86. The molecule has 2 heteroatoms. The summed E-state index contributed by atoms with van der Waals surface area (Å²) in [6.07, 6.45) is 0. The monoisotopic (exact) mass is 388 g/mol. The van der Waals surface area contributed by atoms with Crippen LogP contribution in [0.3, 0.4) is 0 Å². The van der Waals surface area contributed by atoms with Crippen molar-refractivity contribution in [3.63, 3.8) is 0 Å². The summed E-state index contributed by atoms with van der Waals surface area (Å²) in [6, 6.07) is 30.6. The highest BCUT2D eigenvalue weighted by Gasteiger charge is 2.22. The van der Waals surface area contributed by atoms with Gasteiger partial charge in [0.2, 0.25) is 0 Å². The molecule has 132 valence electrons. The lowest BCUT2D eigenvalue weighted by molar-refractivity contribution is 1.44. The molecule has 0 saturated carbocycles. The number of rotatable bonds is 3. The van der Waals surface area contributed by atoms with Crippen LogP contribution < -0.4 is 0 Å². The second-order valence-corrected chi connectivity index (χ2v) is 7.23. The third kappa shape index (κ3) is 3.27. The fraction of sp³-hybridized carbons (Fsp3) is 0.0400. The molecular formula is C25H18Cl2. The van der Waals surface area contributed by atoms with Crippen LogP contribution in [0.25, 0.3) is 33.4 Å². The Kier molecular flexibility index (Phi) is 5.03. The summed E-state index contributed by atoms with van der Waals surface area (Å²) in [7, 11) is 0. The lowest BCUT2D eigenvalue weighted by Crippen LogP contribution is -1.96. The predicted molar refractivity (Wildman–Crippen MR) is 118 cm³/mol. The molecule has 0 spiro atoms. The maximum absolute atomic E-state index is 6.96. The Labute approximate surface area is 170 Å². The van der Waals surface area contributed by atoms with Gasteiger partial charge in [0, 0.05) is 16.7 Å². The molecule has 0 amide bonds. The summed E-state index contributed by atoms with van der Waals surface area (Å²) >= 11 is 13.9. The Morgan fingerprint density at radius 1 is 0.444 bits per heavy atom. The lowest BCUT2D eigenvalue weighted by atomic mass is 9.88. The Morgan fingerprint density at radius 3 is 1.07 bits per heavy atom. The minimum Gasteiger partial charge on any atom is -0.0829 e. The Bertz CT molecular complexity index is 907. The number of hydrogen-bond acceptors (Lipinski definition) is 0. The normalized spacial score (nSPS) is 10.8. The van der Waals surface area contributed by atoms with E-state index in [-0.39, 0.29) is 0 Å². The summed E-state index contributed by atoms with van der Waals surface area (Å²) < 4.78 is 0. The van der Waals surface area contributed by atoms with E-state index in [1.165, 1.54) is 0 Å². The molecule has 0 aliphatic heterocycles. The number of hydrogen-bond donors (Lipinski definition) is 0. The van der Waals surface area contributed by atoms with Gasteiger partial charge in [0.1, 0.15) is 0 Å². The summed E-state index contributed by atoms with van der Waals surface area (Å²) in [5.41, 5.74) is 7.21. The van der Waals surface area contributed by atoms with Gasteiger partial charge in [0.05, 0.1) is 10.0 Å². The quantitative estimate of drug-likeness (QED) is 0.331. The molecule has 0 aliphatic rings. The molecule has 0 radical (unpaired) electrons. The Hall–Kier alpha value is -2.54. The van der Waals surface area contributed by atoms with Crippen molar-refractivity contribution in [1.82, 2.24) is 0 Å². The summed E-state index contributed by atoms with van der Waals surface area (Å²) in [5.74, 6) is 0. The third-order valence-corrected chi connectivity index (χ3v) is 5.57. The number of benzene rings is 4. The Balaban J connectivity index is 2.12. The number of halogens is 2. The molecular weight excluding hydrogens is 371 g/mol. The Morgan fingerprint density at radius 2 is 0.741 bits per heavy atom. The molecule has 0 N–H and O–H groups in total. The fourth-order valence-electron chi connectivity index (χ4n) is 3.55. The van der Waals surface area contributed by atoms with Crippen LogP contribution >= 0.6 is 23.2 Å². The van der Waals surface area contributed by atoms with Gasteiger partial charge in [-0.3, -0.25) is 0 Å². The zero-order valence-electron chi connectivity index (χ0n) is 14.9. The zero-order valence-corrected chi connectivity index (χ0v) is 16.4. The van der Waals surface area contributed by atoms with Crippen LogP contribution in [-0.4, -0.2) is 0 Å². The fourth-order valence-corrected chi connectivity index (χ4v) is 4.51. The highest BCUT2D eigenvalue weighted by Crippen LogP contribution is 2.48.